The summed E-state index contributed by atoms with van der Waals surface area (Å²) in [6, 6.07) is 10.1. The maximum atomic E-state index is 11.1. The Hall–Kier alpha value is -2.27. The van der Waals surface area contributed by atoms with Gasteiger partial charge in [0.05, 0.1) is 5.69 Å². The fourth-order valence-corrected chi connectivity index (χ4v) is 2.38. The Balaban J connectivity index is 1.81. The molecule has 19 heavy (non-hydrogen) atoms. The molecule has 2 heterocycles. The second-order valence-corrected chi connectivity index (χ2v) is 4.58. The fraction of sp³-hybridized carbons (Fsp3) is 0.214. The van der Waals surface area contributed by atoms with Crippen LogP contribution in [0.15, 0.2) is 36.7 Å². The number of carboxylic acids is 1. The molecule has 0 bridgehead atoms. The number of fused-ring (bicyclic) bond motifs is 1. The fourth-order valence-electron chi connectivity index (χ4n) is 2.38. The van der Waals surface area contributed by atoms with Crippen molar-refractivity contribution in [3.8, 4) is 0 Å². The van der Waals surface area contributed by atoms with Crippen LogP contribution < -0.4 is 0 Å². The van der Waals surface area contributed by atoms with Crippen molar-refractivity contribution in [3.63, 3.8) is 0 Å². The molecule has 3 rings (SSSR count). The van der Waals surface area contributed by atoms with Crippen molar-refractivity contribution in [1.29, 1.82) is 0 Å². The summed E-state index contributed by atoms with van der Waals surface area (Å²) in [7, 11) is 0. The van der Waals surface area contributed by atoms with Crippen LogP contribution in [0.25, 0.3) is 0 Å². The number of carbonyl (C=O) groups is 1. The number of aromatic carboxylic acids is 1. The summed E-state index contributed by atoms with van der Waals surface area (Å²) in [5.74, 6) is -0.986. The Labute approximate surface area is 110 Å². The summed E-state index contributed by atoms with van der Waals surface area (Å²) in [6.07, 6.45) is 1.33. The van der Waals surface area contributed by atoms with E-state index in [1.807, 2.05) is 18.2 Å². The van der Waals surface area contributed by atoms with Crippen LogP contribution in [0.2, 0.25) is 0 Å². The molecule has 1 N–H and O–H groups in total. The largest absolute Gasteiger partial charge is 0.476 e. The first-order valence-corrected chi connectivity index (χ1v) is 6.06. The van der Waals surface area contributed by atoms with Crippen molar-refractivity contribution in [2.24, 2.45) is 0 Å². The summed E-state index contributed by atoms with van der Waals surface area (Å²) >= 11 is 0. The van der Waals surface area contributed by atoms with Gasteiger partial charge in [-0.3, -0.25) is 4.90 Å². The summed E-state index contributed by atoms with van der Waals surface area (Å²) in [4.78, 5) is 21.3. The normalized spacial score (nSPS) is 14.3. The Kier molecular flexibility index (Phi) is 2.97. The van der Waals surface area contributed by atoms with Crippen LogP contribution in [0.5, 0.6) is 0 Å². The lowest BCUT2D eigenvalue weighted by Gasteiger charge is -2.14. The van der Waals surface area contributed by atoms with E-state index in [9.17, 15) is 4.79 Å². The van der Waals surface area contributed by atoms with E-state index in [1.165, 1.54) is 11.9 Å². The molecule has 96 valence electrons. The molecule has 0 aliphatic carbocycles. The molecule has 0 fully saturated rings. The van der Waals surface area contributed by atoms with Crippen LogP contribution in [0.1, 0.15) is 27.3 Å². The van der Waals surface area contributed by atoms with Gasteiger partial charge in [-0.1, -0.05) is 30.3 Å². The van der Waals surface area contributed by atoms with E-state index in [-0.39, 0.29) is 5.69 Å². The van der Waals surface area contributed by atoms with Crippen molar-refractivity contribution in [2.45, 2.75) is 19.6 Å². The average molecular weight is 255 g/mol. The van der Waals surface area contributed by atoms with E-state index in [0.29, 0.717) is 13.1 Å². The van der Waals surface area contributed by atoms with Crippen molar-refractivity contribution >= 4 is 5.97 Å². The van der Waals surface area contributed by atoms with Crippen LogP contribution in [0.4, 0.5) is 0 Å². The highest BCUT2D eigenvalue weighted by Gasteiger charge is 2.26. The third-order valence-corrected chi connectivity index (χ3v) is 3.24. The van der Waals surface area contributed by atoms with E-state index in [4.69, 9.17) is 5.11 Å². The number of rotatable bonds is 3. The highest BCUT2D eigenvalue weighted by Crippen LogP contribution is 2.24. The van der Waals surface area contributed by atoms with Crippen molar-refractivity contribution in [1.82, 2.24) is 14.9 Å². The molecule has 0 radical (unpaired) electrons. The number of hydrogen-bond donors (Lipinski definition) is 1. The van der Waals surface area contributed by atoms with Gasteiger partial charge in [0.15, 0.2) is 5.69 Å². The number of nitrogens with zero attached hydrogens (tertiary/aromatic N) is 3. The van der Waals surface area contributed by atoms with Crippen LogP contribution in [0.3, 0.4) is 0 Å². The molecule has 5 heteroatoms. The Morgan fingerprint density at radius 1 is 1.21 bits per heavy atom. The molecule has 0 spiro atoms. The van der Waals surface area contributed by atoms with Gasteiger partial charge < -0.3 is 5.11 Å². The molecular formula is C14H13N3O2. The second-order valence-electron chi connectivity index (χ2n) is 4.58. The monoisotopic (exact) mass is 255 g/mol. The first-order chi connectivity index (χ1) is 9.24. The Morgan fingerprint density at radius 2 is 2.00 bits per heavy atom. The number of hydrogen-bond acceptors (Lipinski definition) is 4. The number of aromatic nitrogens is 2. The molecule has 5 nitrogen and oxygen atoms in total. The summed E-state index contributed by atoms with van der Waals surface area (Å²) in [5, 5.41) is 9.12. The maximum absolute atomic E-state index is 11.1. The van der Waals surface area contributed by atoms with Crippen molar-refractivity contribution in [3.05, 3.63) is 59.2 Å². The quantitative estimate of drug-likeness (QED) is 0.904. The highest BCUT2D eigenvalue weighted by atomic mass is 16.4. The molecule has 1 aromatic heterocycles. The van der Waals surface area contributed by atoms with E-state index in [2.05, 4.69) is 27.0 Å². The first-order valence-electron chi connectivity index (χ1n) is 6.06. The molecular weight excluding hydrogens is 242 g/mol. The first kappa shape index (κ1) is 11.8. The van der Waals surface area contributed by atoms with Gasteiger partial charge in [0.25, 0.3) is 0 Å². The van der Waals surface area contributed by atoms with Crippen molar-refractivity contribution in [2.75, 3.05) is 0 Å². The van der Waals surface area contributed by atoms with Gasteiger partial charge in [-0.05, 0) is 5.56 Å². The zero-order valence-corrected chi connectivity index (χ0v) is 10.3. The minimum atomic E-state index is -0.986. The molecule has 2 aromatic rings. The van der Waals surface area contributed by atoms with Gasteiger partial charge in [0, 0.05) is 25.2 Å². The molecule has 0 unspecified atom stereocenters. The molecule has 1 aliphatic heterocycles. The van der Waals surface area contributed by atoms with E-state index in [1.54, 1.807) is 0 Å². The smallest absolute Gasteiger partial charge is 0.354 e. The second kappa shape index (κ2) is 4.78. The lowest BCUT2D eigenvalue weighted by molar-refractivity contribution is 0.0688. The summed E-state index contributed by atoms with van der Waals surface area (Å²) < 4.78 is 0. The molecule has 1 aliphatic rings. The number of benzene rings is 1. The molecule has 0 amide bonds. The third-order valence-electron chi connectivity index (χ3n) is 3.24. The van der Waals surface area contributed by atoms with Crippen LogP contribution >= 0.6 is 0 Å². The maximum Gasteiger partial charge on any atom is 0.354 e. The van der Waals surface area contributed by atoms with E-state index >= 15 is 0 Å². The van der Waals surface area contributed by atoms with Crippen LogP contribution in [-0.2, 0) is 19.6 Å². The summed E-state index contributed by atoms with van der Waals surface area (Å²) in [5.41, 5.74) is 2.90. The minimum Gasteiger partial charge on any atom is -0.476 e. The third kappa shape index (κ3) is 2.32. The van der Waals surface area contributed by atoms with Crippen LogP contribution in [0, 0.1) is 0 Å². The van der Waals surface area contributed by atoms with E-state index < -0.39 is 5.97 Å². The van der Waals surface area contributed by atoms with Gasteiger partial charge >= 0.3 is 5.97 Å². The zero-order chi connectivity index (χ0) is 13.2. The lowest BCUT2D eigenvalue weighted by atomic mass is 10.2. The standard InChI is InChI=1S/C14H13N3O2/c18-14(19)13-11-7-17(8-12(11)15-9-16-13)6-10-4-2-1-3-5-10/h1-5,9H,6-8H2,(H,18,19). The van der Waals surface area contributed by atoms with Gasteiger partial charge in [-0.15, -0.1) is 0 Å². The molecule has 0 saturated heterocycles. The van der Waals surface area contributed by atoms with Gasteiger partial charge in [0.2, 0.25) is 0 Å². The van der Waals surface area contributed by atoms with E-state index in [0.717, 1.165) is 17.8 Å². The molecule has 1 aromatic carbocycles. The summed E-state index contributed by atoms with van der Waals surface area (Å²) in [6.45, 7) is 2.05. The lowest BCUT2D eigenvalue weighted by Crippen LogP contribution is -2.16. The Bertz CT molecular complexity index is 613. The predicted octanol–water partition coefficient (Wildman–Crippen LogP) is 1.69. The topological polar surface area (TPSA) is 66.3 Å². The van der Waals surface area contributed by atoms with Gasteiger partial charge in [0.1, 0.15) is 6.33 Å². The van der Waals surface area contributed by atoms with Crippen molar-refractivity contribution < 1.29 is 9.90 Å². The Morgan fingerprint density at radius 3 is 2.74 bits per heavy atom. The molecule has 0 saturated carbocycles. The highest BCUT2D eigenvalue weighted by molar-refractivity contribution is 5.87. The van der Waals surface area contributed by atoms with Gasteiger partial charge in [-0.25, -0.2) is 14.8 Å². The average Bonchev–Trinajstić information content (AvgIpc) is 2.81. The minimum absolute atomic E-state index is 0.126. The van der Waals surface area contributed by atoms with Gasteiger partial charge in [-0.2, -0.15) is 0 Å². The SMILES string of the molecule is O=C(O)c1ncnc2c1CN(Cc1ccccc1)C2. The molecule has 0 atom stereocenters. The van der Waals surface area contributed by atoms with Crippen LogP contribution in [-0.4, -0.2) is 25.9 Å². The number of carboxylic acid groups (broad SMARTS) is 1. The predicted molar refractivity (Wildman–Crippen MR) is 68.4 cm³/mol. The zero-order valence-electron chi connectivity index (χ0n) is 10.3.